The molecule has 1 N–H and O–H groups in total. The molecule has 3 aliphatic rings. The third-order valence-electron chi connectivity index (χ3n) is 5.67. The number of nitrogens with zero attached hydrogens (tertiary/aromatic N) is 1. The Balaban J connectivity index is 1.32. The van der Waals surface area contributed by atoms with Gasteiger partial charge in [0.15, 0.2) is 0 Å². The predicted molar refractivity (Wildman–Crippen MR) is 87.2 cm³/mol. The fraction of sp³-hybridized carbons (Fsp3) is 1.00. The summed E-state index contributed by atoms with van der Waals surface area (Å²) in [5.74, 6) is 2.92. The number of nitrogens with one attached hydrogen (secondary N) is 1. The third kappa shape index (κ3) is 4.02. The summed E-state index contributed by atoms with van der Waals surface area (Å²) in [5.41, 5.74) is 0. The third-order valence-corrected chi connectivity index (χ3v) is 7.52. The first-order valence-corrected chi connectivity index (χ1v) is 10.5. The molecule has 2 aliphatic heterocycles. The molecule has 6 heteroatoms. The Labute approximate surface area is 134 Å². The predicted octanol–water partition coefficient (Wildman–Crippen LogP) is 1.45. The summed E-state index contributed by atoms with van der Waals surface area (Å²) in [6, 6.07) is 0. The van der Waals surface area contributed by atoms with Crippen molar-refractivity contribution >= 4 is 10.0 Å². The fourth-order valence-electron chi connectivity index (χ4n) is 4.11. The summed E-state index contributed by atoms with van der Waals surface area (Å²) < 4.78 is 31.2. The van der Waals surface area contributed by atoms with Crippen molar-refractivity contribution in [3.8, 4) is 0 Å². The van der Waals surface area contributed by atoms with Gasteiger partial charge in [0.25, 0.3) is 0 Å². The fourth-order valence-corrected chi connectivity index (χ4v) is 5.25. The van der Waals surface area contributed by atoms with Crippen molar-refractivity contribution in [3.05, 3.63) is 0 Å². The lowest BCUT2D eigenvalue weighted by Crippen LogP contribution is -2.31. The highest BCUT2D eigenvalue weighted by molar-refractivity contribution is 7.89. The van der Waals surface area contributed by atoms with Crippen molar-refractivity contribution in [1.29, 1.82) is 0 Å². The van der Waals surface area contributed by atoms with E-state index in [1.807, 2.05) is 0 Å². The van der Waals surface area contributed by atoms with Crippen LogP contribution in [0, 0.1) is 17.8 Å². The van der Waals surface area contributed by atoms with Gasteiger partial charge in [-0.25, -0.2) is 8.42 Å². The van der Waals surface area contributed by atoms with E-state index in [4.69, 9.17) is 4.74 Å². The first-order valence-electron chi connectivity index (χ1n) is 8.90. The lowest BCUT2D eigenvalue weighted by atomic mass is 9.91. The maximum Gasteiger partial charge on any atom is 0.213 e. The van der Waals surface area contributed by atoms with Crippen LogP contribution in [0.1, 0.15) is 39.0 Å². The largest absolute Gasteiger partial charge is 0.377 e. The van der Waals surface area contributed by atoms with E-state index in [2.05, 4.69) is 5.32 Å². The van der Waals surface area contributed by atoms with Gasteiger partial charge in [-0.15, -0.1) is 0 Å². The van der Waals surface area contributed by atoms with Gasteiger partial charge in [0.1, 0.15) is 0 Å². The first kappa shape index (κ1) is 16.7. The summed E-state index contributed by atoms with van der Waals surface area (Å²) in [6.45, 7) is 6.07. The second-order valence-corrected chi connectivity index (χ2v) is 9.33. The van der Waals surface area contributed by atoms with Gasteiger partial charge in [-0.1, -0.05) is 0 Å². The van der Waals surface area contributed by atoms with Gasteiger partial charge in [-0.2, -0.15) is 4.31 Å². The van der Waals surface area contributed by atoms with Gasteiger partial charge >= 0.3 is 0 Å². The monoisotopic (exact) mass is 330 g/mol. The van der Waals surface area contributed by atoms with Gasteiger partial charge in [-0.3, -0.25) is 0 Å². The number of hydrogen-bond donors (Lipinski definition) is 1. The Hall–Kier alpha value is -0.170. The minimum absolute atomic E-state index is 0.109. The van der Waals surface area contributed by atoms with Crippen LogP contribution in [0.4, 0.5) is 0 Å². The van der Waals surface area contributed by atoms with Crippen LogP contribution < -0.4 is 5.32 Å². The first-order chi connectivity index (χ1) is 10.6. The van der Waals surface area contributed by atoms with Gasteiger partial charge in [0.2, 0.25) is 10.0 Å². The Kier molecular flexibility index (Phi) is 5.43. The number of piperidine rings is 1. The van der Waals surface area contributed by atoms with Gasteiger partial charge in [0, 0.05) is 19.7 Å². The van der Waals surface area contributed by atoms with E-state index in [-0.39, 0.29) is 11.9 Å². The lowest BCUT2D eigenvalue weighted by molar-refractivity contribution is 0.0581. The molecule has 0 aromatic rings. The van der Waals surface area contributed by atoms with Gasteiger partial charge in [-0.05, 0) is 69.9 Å². The SMILES string of the molecule is CCS(=O)(=O)N1CC[C@H](OCCC2C[C@@H]2C2CCNCC2)C1. The molecule has 3 atom stereocenters. The van der Waals surface area contributed by atoms with Gasteiger partial charge < -0.3 is 10.1 Å². The molecule has 2 saturated heterocycles. The Morgan fingerprint density at radius 3 is 2.73 bits per heavy atom. The zero-order chi connectivity index (χ0) is 15.6. The van der Waals surface area contributed by atoms with Crippen LogP contribution >= 0.6 is 0 Å². The zero-order valence-corrected chi connectivity index (χ0v) is 14.5. The summed E-state index contributed by atoms with van der Waals surface area (Å²) in [7, 11) is -3.04. The van der Waals surface area contributed by atoms with Crippen molar-refractivity contribution in [2.75, 3.05) is 38.5 Å². The van der Waals surface area contributed by atoms with Crippen molar-refractivity contribution in [3.63, 3.8) is 0 Å². The molecule has 1 unspecified atom stereocenters. The van der Waals surface area contributed by atoms with Crippen molar-refractivity contribution in [2.45, 2.75) is 45.1 Å². The Morgan fingerprint density at radius 1 is 1.23 bits per heavy atom. The normalized spacial score (nSPS) is 34.1. The summed E-state index contributed by atoms with van der Waals surface area (Å²) in [4.78, 5) is 0. The molecule has 128 valence electrons. The van der Waals surface area contributed by atoms with Crippen LogP contribution in [0.3, 0.4) is 0 Å². The van der Waals surface area contributed by atoms with Crippen LogP contribution in [0.2, 0.25) is 0 Å². The van der Waals surface area contributed by atoms with E-state index in [9.17, 15) is 8.42 Å². The number of rotatable bonds is 7. The number of ether oxygens (including phenoxy) is 1. The van der Waals surface area contributed by atoms with Crippen LogP contribution in [0.15, 0.2) is 0 Å². The van der Waals surface area contributed by atoms with E-state index in [0.717, 1.165) is 37.2 Å². The van der Waals surface area contributed by atoms with Crippen molar-refractivity contribution < 1.29 is 13.2 Å². The second-order valence-electron chi connectivity index (χ2n) is 7.08. The van der Waals surface area contributed by atoms with E-state index < -0.39 is 10.0 Å². The maximum absolute atomic E-state index is 11.8. The molecular weight excluding hydrogens is 300 g/mol. The molecule has 2 heterocycles. The average Bonchev–Trinajstić information content (AvgIpc) is 3.14. The number of hydrogen-bond acceptors (Lipinski definition) is 4. The van der Waals surface area contributed by atoms with Crippen LogP contribution in [0.5, 0.6) is 0 Å². The second kappa shape index (κ2) is 7.16. The summed E-state index contributed by atoms with van der Waals surface area (Å²) >= 11 is 0. The molecule has 3 fully saturated rings. The highest BCUT2D eigenvalue weighted by Gasteiger charge is 2.42. The quantitative estimate of drug-likeness (QED) is 0.768. The van der Waals surface area contributed by atoms with Crippen LogP contribution in [-0.2, 0) is 14.8 Å². The molecule has 5 nitrogen and oxygen atoms in total. The molecule has 1 saturated carbocycles. The summed E-state index contributed by atoms with van der Waals surface area (Å²) in [5, 5.41) is 3.44. The minimum atomic E-state index is -3.04. The van der Waals surface area contributed by atoms with Gasteiger partial charge in [0.05, 0.1) is 11.9 Å². The Bertz CT molecular complexity index is 462. The topological polar surface area (TPSA) is 58.6 Å². The van der Waals surface area contributed by atoms with E-state index >= 15 is 0 Å². The van der Waals surface area contributed by atoms with Crippen molar-refractivity contribution in [1.82, 2.24) is 9.62 Å². The summed E-state index contributed by atoms with van der Waals surface area (Å²) in [6.07, 6.45) is 6.18. The highest BCUT2D eigenvalue weighted by atomic mass is 32.2. The molecule has 0 amide bonds. The average molecular weight is 330 g/mol. The zero-order valence-electron chi connectivity index (χ0n) is 13.7. The van der Waals surface area contributed by atoms with Crippen LogP contribution in [0.25, 0.3) is 0 Å². The minimum Gasteiger partial charge on any atom is -0.377 e. The molecule has 0 radical (unpaired) electrons. The Morgan fingerprint density at radius 2 is 2.00 bits per heavy atom. The molecular formula is C16H30N2O3S. The van der Waals surface area contributed by atoms with Crippen LogP contribution in [-0.4, -0.2) is 57.4 Å². The standard InChI is InChI=1S/C16H30N2O3S/c1-2-22(19,20)18-9-5-15(12-18)21-10-6-14-11-16(14)13-3-7-17-8-4-13/h13-17H,2-12H2,1H3/t14?,15-,16+/m0/s1. The molecule has 0 aromatic carbocycles. The molecule has 3 rings (SSSR count). The lowest BCUT2D eigenvalue weighted by Gasteiger charge is -2.22. The smallest absolute Gasteiger partial charge is 0.213 e. The molecule has 0 spiro atoms. The van der Waals surface area contributed by atoms with Crippen molar-refractivity contribution in [2.24, 2.45) is 17.8 Å². The molecule has 22 heavy (non-hydrogen) atoms. The molecule has 0 aromatic heterocycles. The molecule has 1 aliphatic carbocycles. The van der Waals surface area contributed by atoms with E-state index in [0.29, 0.717) is 13.1 Å². The number of sulfonamides is 1. The highest BCUT2D eigenvalue weighted by Crippen LogP contribution is 2.49. The van der Waals surface area contributed by atoms with E-state index in [1.165, 1.54) is 32.4 Å². The maximum atomic E-state index is 11.8. The van der Waals surface area contributed by atoms with E-state index in [1.54, 1.807) is 11.2 Å². The molecule has 0 bridgehead atoms.